The molecule has 2 aliphatic rings. The second-order valence-electron chi connectivity index (χ2n) is 4.35. The van der Waals surface area contributed by atoms with Crippen LogP contribution in [0.1, 0.15) is 32.1 Å². The van der Waals surface area contributed by atoms with Crippen molar-refractivity contribution >= 4 is 11.6 Å². The maximum absolute atomic E-state index is 12.2. The molecule has 2 heterocycles. The van der Waals surface area contributed by atoms with Crippen LogP contribution < -0.4 is 0 Å². The van der Waals surface area contributed by atoms with Crippen LogP contribution in [0.2, 0.25) is 0 Å². The third kappa shape index (κ3) is 2.01. The number of rotatable bonds is 2. The molecule has 5 nitrogen and oxygen atoms in total. The molecule has 2 N–H and O–H groups in total. The minimum absolute atomic E-state index is 0. The summed E-state index contributed by atoms with van der Waals surface area (Å²) in [6, 6.07) is 0. The van der Waals surface area contributed by atoms with Crippen molar-refractivity contribution in [2.45, 2.75) is 13.5 Å². The summed E-state index contributed by atoms with van der Waals surface area (Å²) in [5.74, 6) is -0.352. The third-order valence-corrected chi connectivity index (χ3v) is 3.24. The van der Waals surface area contributed by atoms with Gasteiger partial charge in [0.15, 0.2) is 0 Å². The van der Waals surface area contributed by atoms with Crippen molar-refractivity contribution in [1.82, 2.24) is 9.88 Å². The summed E-state index contributed by atoms with van der Waals surface area (Å²) >= 11 is 0. The zero-order valence-electron chi connectivity index (χ0n) is 9.99. The van der Waals surface area contributed by atoms with Gasteiger partial charge in [0.05, 0.1) is 23.6 Å². The van der Waals surface area contributed by atoms with Crippen LogP contribution in [-0.2, 0) is 6.61 Å². The second kappa shape index (κ2) is 4.92. The molecule has 1 aliphatic heterocycles. The fourth-order valence-corrected chi connectivity index (χ4v) is 2.21. The number of nitrogens with zero attached hydrogens (tertiary/aromatic N) is 1. The summed E-state index contributed by atoms with van der Waals surface area (Å²) in [4.78, 5) is 28.9. The summed E-state index contributed by atoms with van der Waals surface area (Å²) in [5, 5.41) is 9.29. The van der Waals surface area contributed by atoms with Crippen LogP contribution in [0, 0.1) is 51.0 Å². The molecule has 1 aromatic heterocycles. The average molecular weight is 459 g/mol. The van der Waals surface area contributed by atoms with E-state index in [-0.39, 0.29) is 62.2 Å². The van der Waals surface area contributed by atoms with Gasteiger partial charge in [0, 0.05) is 74.5 Å². The number of nitrogens with one attached hydrogen (secondary N) is 1. The van der Waals surface area contributed by atoms with Gasteiger partial charge in [-0.2, -0.15) is 0 Å². The van der Waals surface area contributed by atoms with Crippen molar-refractivity contribution in [3.8, 4) is 0 Å². The first-order chi connectivity index (χ1) is 8.13. The van der Waals surface area contributed by atoms with Crippen molar-refractivity contribution in [1.29, 1.82) is 0 Å². The summed E-state index contributed by atoms with van der Waals surface area (Å²) < 4.78 is 0. The van der Waals surface area contributed by atoms with E-state index in [0.29, 0.717) is 28.2 Å². The summed E-state index contributed by atoms with van der Waals surface area (Å²) in [5.41, 5.74) is 2.32. The van der Waals surface area contributed by atoms with Crippen molar-refractivity contribution < 1.29 is 58.8 Å². The number of hydrogen-bond donors (Lipinski definition) is 2. The maximum Gasteiger partial charge on any atom is 0.211 e. The fraction of sp³-hybridized carbons (Fsp3) is 0.333. The molecule has 1 radical (unpaired) electrons. The first-order valence-corrected chi connectivity index (χ1v) is 5.51. The first-order valence-electron chi connectivity index (χ1n) is 5.51. The number of hydrogen-bond acceptors (Lipinski definition) is 4. The Kier molecular flexibility index (Phi) is 3.82. The molecule has 0 saturated carbocycles. The van der Waals surface area contributed by atoms with Crippen LogP contribution in [-0.4, -0.2) is 39.6 Å². The minimum Gasteiger partial charge on any atom is -0.392 e. The zero-order chi connectivity index (χ0) is 12.2. The Morgan fingerprint density at radius 2 is 2.06 bits per heavy atom. The number of aromatic amines is 1. The maximum atomic E-state index is 12.2. The van der Waals surface area contributed by atoms with Gasteiger partial charge in [-0.05, 0) is 6.92 Å². The molecule has 0 aromatic carbocycles. The number of ketones is 2. The molecule has 0 amide bonds. The van der Waals surface area contributed by atoms with Crippen LogP contribution >= 0.6 is 0 Å². The standard InChI is InChI=1S/C12H12N2O3.Ac/c1-6-7(5-15)10-11(13-6)9(16)4-8(12(10)17)14-2-3-14;/h4,13,15H,2-3,5H2,1H3;. The molecule has 0 bridgehead atoms. The number of H-pyrrole nitrogens is 1. The monoisotopic (exact) mass is 459 g/mol. The Labute approximate surface area is 140 Å². The van der Waals surface area contributed by atoms with Crippen LogP contribution in [0.3, 0.4) is 0 Å². The Morgan fingerprint density at radius 1 is 1.39 bits per heavy atom. The van der Waals surface area contributed by atoms with E-state index in [4.69, 9.17) is 0 Å². The van der Waals surface area contributed by atoms with E-state index >= 15 is 0 Å². The molecular weight excluding hydrogens is 447 g/mol. The van der Waals surface area contributed by atoms with Gasteiger partial charge >= 0.3 is 0 Å². The Balaban J connectivity index is 0.00000120. The summed E-state index contributed by atoms with van der Waals surface area (Å²) in [6.07, 6.45) is 1.38. The minimum atomic E-state index is -0.232. The third-order valence-electron chi connectivity index (χ3n) is 3.24. The van der Waals surface area contributed by atoms with E-state index in [1.165, 1.54) is 6.08 Å². The number of aliphatic hydroxyl groups excluding tert-OH is 1. The van der Waals surface area contributed by atoms with Crippen LogP contribution in [0.25, 0.3) is 0 Å². The molecule has 1 fully saturated rings. The first kappa shape index (κ1) is 14.0. The van der Waals surface area contributed by atoms with Crippen molar-refractivity contribution in [2.75, 3.05) is 13.1 Å². The smallest absolute Gasteiger partial charge is 0.211 e. The van der Waals surface area contributed by atoms with Crippen molar-refractivity contribution in [3.63, 3.8) is 0 Å². The fourth-order valence-electron chi connectivity index (χ4n) is 2.21. The van der Waals surface area contributed by atoms with E-state index < -0.39 is 0 Å². The normalized spacial score (nSPS) is 17.2. The molecule has 1 aliphatic carbocycles. The quantitative estimate of drug-likeness (QED) is 0.629. The molecule has 3 rings (SSSR count). The van der Waals surface area contributed by atoms with Gasteiger partial charge in [-0.1, -0.05) is 0 Å². The number of fused-ring (bicyclic) bond motifs is 1. The van der Waals surface area contributed by atoms with E-state index in [1.54, 1.807) is 6.92 Å². The molecular formula is C12H12AcN2O3. The number of carbonyl (C=O) groups is 2. The number of aryl methyl sites for hydroxylation is 1. The summed E-state index contributed by atoms with van der Waals surface area (Å²) in [6.45, 7) is 3.15. The predicted molar refractivity (Wildman–Crippen MR) is 59.8 cm³/mol. The average Bonchev–Trinajstić information content (AvgIpc) is 3.06. The van der Waals surface area contributed by atoms with Gasteiger partial charge in [0.25, 0.3) is 0 Å². The molecule has 91 valence electrons. The van der Waals surface area contributed by atoms with Gasteiger partial charge < -0.3 is 15.0 Å². The zero-order valence-corrected chi connectivity index (χ0v) is 14.7. The van der Waals surface area contributed by atoms with Crippen molar-refractivity contribution in [3.05, 3.63) is 34.3 Å². The van der Waals surface area contributed by atoms with E-state index in [9.17, 15) is 14.7 Å². The van der Waals surface area contributed by atoms with Crippen LogP contribution in [0.4, 0.5) is 0 Å². The Hall–Kier alpha value is -0.438. The topological polar surface area (TPSA) is 73.2 Å². The van der Waals surface area contributed by atoms with Crippen LogP contribution in [0.5, 0.6) is 0 Å². The molecule has 1 aromatic rings. The number of carbonyl (C=O) groups excluding carboxylic acids is 2. The van der Waals surface area contributed by atoms with Gasteiger partial charge in [0.2, 0.25) is 11.6 Å². The molecule has 1 saturated heterocycles. The molecule has 0 spiro atoms. The number of allylic oxidation sites excluding steroid dienone is 2. The SMILES string of the molecule is Cc1[nH]c2c(c1CO)C(=O)C(N1CC1)=CC2=O.[Ac]. The molecule has 0 atom stereocenters. The van der Waals surface area contributed by atoms with Crippen LogP contribution in [0.15, 0.2) is 11.8 Å². The number of aromatic nitrogens is 1. The second-order valence-corrected chi connectivity index (χ2v) is 4.35. The van der Waals surface area contributed by atoms with Gasteiger partial charge in [-0.25, -0.2) is 0 Å². The molecule has 18 heavy (non-hydrogen) atoms. The largest absolute Gasteiger partial charge is 0.392 e. The van der Waals surface area contributed by atoms with E-state index in [2.05, 4.69) is 4.98 Å². The predicted octanol–water partition coefficient (Wildman–Crippen LogP) is 0.394. The van der Waals surface area contributed by atoms with Gasteiger partial charge in [-0.15, -0.1) is 0 Å². The number of Topliss-reactive ketones (excluding diaryl/α,β-unsaturated/α-hetero) is 1. The molecule has 6 heteroatoms. The van der Waals surface area contributed by atoms with Gasteiger partial charge in [-0.3, -0.25) is 9.59 Å². The van der Waals surface area contributed by atoms with E-state index in [0.717, 1.165) is 13.1 Å². The Bertz CT molecular complexity index is 570. The number of aliphatic hydroxyl groups is 1. The Morgan fingerprint density at radius 3 is 2.61 bits per heavy atom. The van der Waals surface area contributed by atoms with E-state index in [1.807, 2.05) is 4.90 Å². The van der Waals surface area contributed by atoms with Gasteiger partial charge in [0.1, 0.15) is 0 Å². The molecule has 0 unspecified atom stereocenters. The summed E-state index contributed by atoms with van der Waals surface area (Å²) in [7, 11) is 0. The van der Waals surface area contributed by atoms with Crippen molar-refractivity contribution in [2.24, 2.45) is 0 Å².